The van der Waals surface area contributed by atoms with Crippen LogP contribution in [0.15, 0.2) is 54.6 Å². The van der Waals surface area contributed by atoms with E-state index in [2.05, 4.69) is 48.4 Å². The first kappa shape index (κ1) is 25.4. The molecule has 0 aliphatic carbocycles. The fourth-order valence-corrected chi connectivity index (χ4v) is 4.80. The van der Waals surface area contributed by atoms with E-state index in [0.717, 1.165) is 59.9 Å². The largest absolute Gasteiger partial charge is 0.457 e. The zero-order valence-corrected chi connectivity index (χ0v) is 21.9. The van der Waals surface area contributed by atoms with E-state index in [0.29, 0.717) is 13.0 Å². The van der Waals surface area contributed by atoms with E-state index in [1.807, 2.05) is 49.4 Å². The average Bonchev–Trinajstić information content (AvgIpc) is 2.90. The molecule has 0 bridgehead atoms. The topological polar surface area (TPSA) is 79.6 Å². The van der Waals surface area contributed by atoms with E-state index in [4.69, 9.17) is 10.5 Å². The number of carbonyl (C=O) groups excluding carboxylic acids is 1. The van der Waals surface area contributed by atoms with E-state index in [9.17, 15) is 4.79 Å². The third kappa shape index (κ3) is 5.93. The van der Waals surface area contributed by atoms with Gasteiger partial charge in [-0.3, -0.25) is 4.79 Å². The molecule has 1 amide bonds. The summed E-state index contributed by atoms with van der Waals surface area (Å²) in [5, 5.41) is 6.62. The van der Waals surface area contributed by atoms with Crippen LogP contribution >= 0.6 is 0 Å². The monoisotopic (exact) mass is 486 g/mol. The predicted octanol–water partition coefficient (Wildman–Crippen LogP) is 5.88. The average molecular weight is 487 g/mol. The van der Waals surface area contributed by atoms with Gasteiger partial charge in [0.25, 0.3) is 0 Å². The first-order valence-corrected chi connectivity index (χ1v) is 12.8. The highest BCUT2D eigenvalue weighted by atomic mass is 16.5. The first-order valence-electron chi connectivity index (χ1n) is 12.8. The van der Waals surface area contributed by atoms with Crippen LogP contribution in [0.3, 0.4) is 0 Å². The minimum atomic E-state index is 0.0835. The summed E-state index contributed by atoms with van der Waals surface area (Å²) in [6, 6.07) is 18.2. The van der Waals surface area contributed by atoms with Gasteiger partial charge < -0.3 is 26.0 Å². The molecule has 0 saturated carbocycles. The van der Waals surface area contributed by atoms with Crippen molar-refractivity contribution in [2.75, 3.05) is 35.6 Å². The maximum Gasteiger partial charge on any atom is 0.221 e. The molecule has 1 aliphatic rings. The Bertz CT molecular complexity index is 1150. The predicted molar refractivity (Wildman–Crippen MR) is 149 cm³/mol. The third-order valence-electron chi connectivity index (χ3n) is 7.43. The van der Waals surface area contributed by atoms with Crippen molar-refractivity contribution in [2.24, 2.45) is 0 Å². The normalized spacial score (nSPS) is 13.9. The van der Waals surface area contributed by atoms with Crippen molar-refractivity contribution in [3.05, 3.63) is 76.9 Å². The second-order valence-electron chi connectivity index (χ2n) is 9.70. The Kier molecular flexibility index (Phi) is 8.04. The van der Waals surface area contributed by atoms with Crippen LogP contribution in [-0.4, -0.2) is 31.6 Å². The molecule has 1 saturated heterocycles. The molecule has 1 heterocycles. The van der Waals surface area contributed by atoms with E-state index in [1.54, 1.807) is 0 Å². The molecule has 0 radical (unpaired) electrons. The zero-order chi connectivity index (χ0) is 25.7. The quantitative estimate of drug-likeness (QED) is 0.346. The van der Waals surface area contributed by atoms with Gasteiger partial charge in [0.05, 0.1) is 11.4 Å². The van der Waals surface area contributed by atoms with Gasteiger partial charge in [0.2, 0.25) is 5.91 Å². The number of benzene rings is 3. The van der Waals surface area contributed by atoms with Gasteiger partial charge in [-0.1, -0.05) is 18.2 Å². The smallest absolute Gasteiger partial charge is 0.221 e. The SMILES string of the molecule is Cc1c(C)c(C)c(NCCC(=O)NC2CCN(c3ccc(Oc4ccccc4)cc3)CC2)c(N)c1C. The summed E-state index contributed by atoms with van der Waals surface area (Å²) in [5.74, 6) is 1.74. The van der Waals surface area contributed by atoms with Crippen molar-refractivity contribution in [3.8, 4) is 11.5 Å². The summed E-state index contributed by atoms with van der Waals surface area (Å²) >= 11 is 0. The number of nitrogens with one attached hydrogen (secondary N) is 2. The van der Waals surface area contributed by atoms with Crippen LogP contribution in [0.4, 0.5) is 17.1 Å². The fourth-order valence-electron chi connectivity index (χ4n) is 4.80. The highest BCUT2D eigenvalue weighted by Crippen LogP contribution is 2.33. The number of nitrogen functional groups attached to an aromatic ring is 1. The number of piperidine rings is 1. The van der Waals surface area contributed by atoms with Crippen molar-refractivity contribution in [1.82, 2.24) is 5.32 Å². The minimum Gasteiger partial charge on any atom is -0.457 e. The molecule has 0 unspecified atom stereocenters. The van der Waals surface area contributed by atoms with Gasteiger partial charge in [0, 0.05) is 37.8 Å². The number of rotatable bonds is 8. The van der Waals surface area contributed by atoms with Crippen LogP contribution in [-0.2, 0) is 4.79 Å². The third-order valence-corrected chi connectivity index (χ3v) is 7.43. The lowest BCUT2D eigenvalue weighted by Gasteiger charge is -2.34. The standard InChI is InChI=1S/C30H38N4O2/c1-20-21(2)23(4)30(29(31)22(20)3)32-17-14-28(35)33-24-15-18-34(19-16-24)25-10-12-27(13-11-25)36-26-8-6-5-7-9-26/h5-13,24,32H,14-19,31H2,1-4H3,(H,33,35). The lowest BCUT2D eigenvalue weighted by molar-refractivity contribution is -0.121. The lowest BCUT2D eigenvalue weighted by Crippen LogP contribution is -2.45. The summed E-state index contributed by atoms with van der Waals surface area (Å²) < 4.78 is 5.89. The Morgan fingerprint density at radius 2 is 1.50 bits per heavy atom. The molecule has 0 aromatic heterocycles. The maximum atomic E-state index is 12.6. The molecule has 3 aromatic carbocycles. The maximum absolute atomic E-state index is 12.6. The van der Waals surface area contributed by atoms with Gasteiger partial charge >= 0.3 is 0 Å². The number of anilines is 3. The second-order valence-corrected chi connectivity index (χ2v) is 9.70. The molecule has 0 atom stereocenters. The number of hydrogen-bond donors (Lipinski definition) is 3. The number of para-hydroxylation sites is 1. The molecule has 4 rings (SSSR count). The lowest BCUT2D eigenvalue weighted by atomic mass is 9.95. The van der Waals surface area contributed by atoms with Crippen molar-refractivity contribution >= 4 is 23.0 Å². The van der Waals surface area contributed by atoms with Crippen molar-refractivity contribution < 1.29 is 9.53 Å². The van der Waals surface area contributed by atoms with Gasteiger partial charge in [-0.15, -0.1) is 0 Å². The van der Waals surface area contributed by atoms with Crippen molar-refractivity contribution in [3.63, 3.8) is 0 Å². The highest BCUT2D eigenvalue weighted by molar-refractivity contribution is 5.79. The highest BCUT2D eigenvalue weighted by Gasteiger charge is 2.21. The Labute approximate surface area is 214 Å². The van der Waals surface area contributed by atoms with Crippen LogP contribution in [0, 0.1) is 27.7 Å². The fraction of sp³-hybridized carbons (Fsp3) is 0.367. The number of nitrogens with zero attached hydrogens (tertiary/aromatic N) is 1. The molecular weight excluding hydrogens is 448 g/mol. The van der Waals surface area contributed by atoms with Gasteiger partial charge in [-0.2, -0.15) is 0 Å². The Morgan fingerprint density at radius 3 is 2.17 bits per heavy atom. The summed E-state index contributed by atoms with van der Waals surface area (Å²) in [6.45, 7) is 10.8. The van der Waals surface area contributed by atoms with Crippen molar-refractivity contribution in [2.45, 2.75) is 53.0 Å². The van der Waals surface area contributed by atoms with Crippen LogP contribution < -0.4 is 26.0 Å². The zero-order valence-electron chi connectivity index (χ0n) is 21.9. The van der Waals surface area contributed by atoms with Crippen LogP contribution in [0.2, 0.25) is 0 Å². The Morgan fingerprint density at radius 1 is 0.889 bits per heavy atom. The minimum absolute atomic E-state index is 0.0835. The molecular formula is C30H38N4O2. The van der Waals surface area contributed by atoms with Gasteiger partial charge in [-0.05, 0) is 99.2 Å². The van der Waals surface area contributed by atoms with Gasteiger partial charge in [0.15, 0.2) is 0 Å². The molecule has 1 aliphatic heterocycles. The summed E-state index contributed by atoms with van der Waals surface area (Å²) in [4.78, 5) is 15.0. The molecule has 6 heteroatoms. The number of amides is 1. The summed E-state index contributed by atoms with van der Waals surface area (Å²) in [6.07, 6.45) is 2.29. The molecule has 36 heavy (non-hydrogen) atoms. The number of hydrogen-bond acceptors (Lipinski definition) is 5. The van der Waals surface area contributed by atoms with E-state index >= 15 is 0 Å². The first-order chi connectivity index (χ1) is 17.3. The molecule has 0 spiro atoms. The number of ether oxygens (including phenoxy) is 1. The molecule has 6 nitrogen and oxygen atoms in total. The Balaban J connectivity index is 1.21. The Hall–Kier alpha value is -3.67. The van der Waals surface area contributed by atoms with E-state index < -0.39 is 0 Å². The molecule has 4 N–H and O–H groups in total. The van der Waals surface area contributed by atoms with Crippen LogP contribution in [0.1, 0.15) is 41.5 Å². The van der Waals surface area contributed by atoms with E-state index in [-0.39, 0.29) is 11.9 Å². The van der Waals surface area contributed by atoms with Crippen LogP contribution in [0.25, 0.3) is 0 Å². The van der Waals surface area contributed by atoms with Gasteiger partial charge in [-0.25, -0.2) is 0 Å². The van der Waals surface area contributed by atoms with Crippen LogP contribution in [0.5, 0.6) is 11.5 Å². The van der Waals surface area contributed by atoms with Crippen molar-refractivity contribution in [1.29, 1.82) is 0 Å². The summed E-state index contributed by atoms with van der Waals surface area (Å²) in [7, 11) is 0. The molecule has 190 valence electrons. The van der Waals surface area contributed by atoms with E-state index in [1.165, 1.54) is 16.8 Å². The molecule has 1 fully saturated rings. The molecule has 3 aromatic rings. The number of nitrogens with two attached hydrogens (primary N) is 1. The number of carbonyl (C=O) groups is 1. The summed E-state index contributed by atoms with van der Waals surface area (Å²) in [5.41, 5.74) is 14.0. The second kappa shape index (κ2) is 11.4. The van der Waals surface area contributed by atoms with Gasteiger partial charge in [0.1, 0.15) is 11.5 Å².